The molecule has 1 aromatic carbocycles. The number of nitrogens with one attached hydrogen (secondary N) is 4. The molecule has 5 rings (SSSR count). The molecule has 4 aromatic rings. The van der Waals surface area contributed by atoms with Crippen LogP contribution in [-0.2, 0) is 4.74 Å². The Morgan fingerprint density at radius 3 is 2.91 bits per heavy atom. The van der Waals surface area contributed by atoms with E-state index in [0.717, 1.165) is 64.7 Å². The van der Waals surface area contributed by atoms with Gasteiger partial charge >= 0.3 is 0 Å². The normalized spacial score (nSPS) is 14.5. The van der Waals surface area contributed by atoms with Gasteiger partial charge in [0.05, 0.1) is 27.6 Å². The van der Waals surface area contributed by atoms with E-state index in [4.69, 9.17) is 9.84 Å². The Morgan fingerprint density at radius 2 is 2.03 bits per heavy atom. The lowest BCUT2D eigenvalue weighted by atomic mass is 10.1. The maximum atomic E-state index is 8.99. The molecule has 172 valence electrons. The topological polar surface area (TPSA) is 120 Å². The Balaban J connectivity index is 1.41. The number of aromatic amines is 1. The lowest BCUT2D eigenvalue weighted by Crippen LogP contribution is -2.28. The molecule has 5 N–H and O–H groups in total. The van der Waals surface area contributed by atoms with Gasteiger partial charge in [0.25, 0.3) is 0 Å². The second-order valence-electron chi connectivity index (χ2n) is 7.96. The Morgan fingerprint density at radius 1 is 1.12 bits per heavy atom. The van der Waals surface area contributed by atoms with Crippen molar-refractivity contribution in [3.63, 3.8) is 0 Å². The van der Waals surface area contributed by atoms with Crippen molar-refractivity contribution in [3.05, 3.63) is 42.2 Å². The number of anilines is 4. The molecular formula is C23H27N7O2S. The van der Waals surface area contributed by atoms with Gasteiger partial charge in [0.2, 0.25) is 5.95 Å². The molecule has 0 atom stereocenters. The largest absolute Gasteiger partial charge is 0.396 e. The first-order valence-electron chi connectivity index (χ1n) is 11.1. The summed E-state index contributed by atoms with van der Waals surface area (Å²) in [5.41, 5.74) is 6.64. The summed E-state index contributed by atoms with van der Waals surface area (Å²) in [5, 5.41) is 19.3. The van der Waals surface area contributed by atoms with Gasteiger partial charge in [-0.05, 0) is 37.5 Å². The zero-order chi connectivity index (χ0) is 22.5. The third kappa shape index (κ3) is 5.24. The predicted octanol–water partition coefficient (Wildman–Crippen LogP) is 4.21. The van der Waals surface area contributed by atoms with Crippen LogP contribution < -0.4 is 16.0 Å². The smallest absolute Gasteiger partial charge is 0.200 e. The van der Waals surface area contributed by atoms with Crippen molar-refractivity contribution in [2.45, 2.75) is 25.3 Å². The summed E-state index contributed by atoms with van der Waals surface area (Å²) in [7, 11) is 0. The first-order valence-corrected chi connectivity index (χ1v) is 12.0. The number of ether oxygens (including phenoxy) is 1. The number of nitrogens with zero attached hydrogens (tertiary/aromatic N) is 3. The monoisotopic (exact) mass is 465 g/mol. The molecule has 3 aromatic heterocycles. The second-order valence-corrected chi connectivity index (χ2v) is 8.84. The summed E-state index contributed by atoms with van der Waals surface area (Å²) in [6.07, 6.45) is 6.26. The summed E-state index contributed by atoms with van der Waals surface area (Å²) < 4.78 is 6.66. The van der Waals surface area contributed by atoms with Gasteiger partial charge in [0.1, 0.15) is 5.82 Å². The summed E-state index contributed by atoms with van der Waals surface area (Å²) in [6.45, 7) is 2.33. The van der Waals surface area contributed by atoms with Gasteiger partial charge in [-0.3, -0.25) is 0 Å². The average Bonchev–Trinajstić information content (AvgIpc) is 3.50. The van der Waals surface area contributed by atoms with E-state index in [2.05, 4.69) is 42.0 Å². The van der Waals surface area contributed by atoms with Gasteiger partial charge < -0.3 is 30.8 Å². The maximum Gasteiger partial charge on any atom is 0.200 e. The molecule has 0 radical (unpaired) electrons. The molecule has 0 aliphatic carbocycles. The number of fused-ring (bicyclic) bond motifs is 1. The summed E-state index contributed by atoms with van der Waals surface area (Å²) in [4.78, 5) is 16.8. The van der Waals surface area contributed by atoms with Crippen LogP contribution in [0.3, 0.4) is 0 Å². The fourth-order valence-corrected chi connectivity index (χ4v) is 4.55. The zero-order valence-electron chi connectivity index (χ0n) is 18.2. The molecular weight excluding hydrogens is 438 g/mol. The van der Waals surface area contributed by atoms with Crippen LogP contribution in [-0.4, -0.2) is 57.4 Å². The van der Waals surface area contributed by atoms with Gasteiger partial charge in [-0.25, -0.2) is 15.0 Å². The van der Waals surface area contributed by atoms with E-state index in [9.17, 15) is 0 Å². The number of thiazole rings is 1. The first-order chi connectivity index (χ1) is 16.3. The Kier molecular flexibility index (Phi) is 6.66. The predicted molar refractivity (Wildman–Crippen MR) is 132 cm³/mol. The number of aliphatic hydroxyl groups is 1. The number of aliphatic hydroxyl groups excluding tert-OH is 1. The Bertz CT molecular complexity index is 1200. The third-order valence-corrected chi connectivity index (χ3v) is 6.37. The molecule has 0 amide bonds. The minimum absolute atomic E-state index is 0.147. The van der Waals surface area contributed by atoms with E-state index in [1.54, 1.807) is 17.5 Å². The highest BCUT2D eigenvalue weighted by atomic mass is 32.1. The minimum Gasteiger partial charge on any atom is -0.396 e. The number of pyridine rings is 1. The second kappa shape index (κ2) is 10.2. The van der Waals surface area contributed by atoms with Crippen LogP contribution in [0.4, 0.5) is 23.1 Å². The molecule has 9 nitrogen and oxygen atoms in total. The van der Waals surface area contributed by atoms with Crippen LogP contribution in [0.25, 0.3) is 21.5 Å². The van der Waals surface area contributed by atoms with Crippen LogP contribution in [0.5, 0.6) is 0 Å². The molecule has 0 bridgehead atoms. The maximum absolute atomic E-state index is 8.99. The fraction of sp³-hybridized carbons (Fsp3) is 0.348. The molecule has 1 fully saturated rings. The Hall–Kier alpha value is -3.21. The van der Waals surface area contributed by atoms with E-state index < -0.39 is 0 Å². The number of H-pyrrole nitrogens is 1. The summed E-state index contributed by atoms with van der Waals surface area (Å²) in [5.74, 6) is 1.44. The molecule has 1 aliphatic rings. The van der Waals surface area contributed by atoms with Gasteiger partial charge in [-0.1, -0.05) is 0 Å². The SMILES string of the molecule is OCCCNc1ncc(-c2cnc(Nc3ccc4ncsc4c3)cc2NC2CCOCC2)[nH]1. The van der Waals surface area contributed by atoms with E-state index in [1.165, 1.54) is 0 Å². The van der Waals surface area contributed by atoms with Crippen molar-refractivity contribution < 1.29 is 9.84 Å². The fourth-order valence-electron chi connectivity index (χ4n) is 3.83. The van der Waals surface area contributed by atoms with Crippen molar-refractivity contribution in [3.8, 4) is 11.3 Å². The molecule has 4 heterocycles. The van der Waals surface area contributed by atoms with Crippen molar-refractivity contribution in [2.24, 2.45) is 0 Å². The lowest BCUT2D eigenvalue weighted by Gasteiger charge is -2.25. The standard InChI is InChI=1S/C23H27N7O2S/c31-7-1-6-24-23-26-13-20(30-23)17-12-25-22(11-19(17)28-15-4-8-32-9-5-15)29-16-2-3-18-21(10-16)33-14-27-18/h2-3,10-15,31H,1,4-9H2,(H2,24,26,30)(H2,25,28,29). The van der Waals surface area contributed by atoms with Gasteiger partial charge in [0.15, 0.2) is 0 Å². The molecule has 1 saturated heterocycles. The number of imidazole rings is 1. The van der Waals surface area contributed by atoms with Crippen LogP contribution in [0.2, 0.25) is 0 Å². The highest BCUT2D eigenvalue weighted by Gasteiger charge is 2.17. The molecule has 33 heavy (non-hydrogen) atoms. The Labute approximate surface area is 195 Å². The van der Waals surface area contributed by atoms with Gasteiger partial charge in [-0.2, -0.15) is 0 Å². The van der Waals surface area contributed by atoms with Crippen LogP contribution >= 0.6 is 11.3 Å². The van der Waals surface area contributed by atoms with Crippen molar-refractivity contribution in [2.75, 3.05) is 42.3 Å². The minimum atomic E-state index is 0.147. The lowest BCUT2D eigenvalue weighted by molar-refractivity contribution is 0.0904. The van der Waals surface area contributed by atoms with Crippen LogP contribution in [0.15, 0.2) is 42.2 Å². The van der Waals surface area contributed by atoms with E-state index in [1.807, 2.05) is 29.9 Å². The number of benzene rings is 1. The average molecular weight is 466 g/mol. The number of hydrogen-bond donors (Lipinski definition) is 5. The highest BCUT2D eigenvalue weighted by Crippen LogP contribution is 2.32. The van der Waals surface area contributed by atoms with E-state index in [-0.39, 0.29) is 6.61 Å². The zero-order valence-corrected chi connectivity index (χ0v) is 19.0. The summed E-state index contributed by atoms with van der Waals surface area (Å²) >= 11 is 1.62. The number of rotatable bonds is 9. The quantitative estimate of drug-likeness (QED) is 0.233. The third-order valence-electron chi connectivity index (χ3n) is 5.58. The molecule has 0 spiro atoms. The van der Waals surface area contributed by atoms with Crippen LogP contribution in [0, 0.1) is 0 Å². The van der Waals surface area contributed by atoms with Crippen molar-refractivity contribution >= 4 is 44.7 Å². The van der Waals surface area contributed by atoms with Crippen LogP contribution in [0.1, 0.15) is 19.3 Å². The number of aromatic nitrogens is 4. The molecule has 10 heteroatoms. The van der Waals surface area contributed by atoms with Crippen molar-refractivity contribution in [1.29, 1.82) is 0 Å². The summed E-state index contributed by atoms with van der Waals surface area (Å²) in [6, 6.07) is 8.50. The molecule has 0 saturated carbocycles. The number of hydrogen-bond acceptors (Lipinski definition) is 9. The molecule has 0 unspecified atom stereocenters. The van der Waals surface area contributed by atoms with Gasteiger partial charge in [0, 0.05) is 61.6 Å². The van der Waals surface area contributed by atoms with E-state index >= 15 is 0 Å². The molecule has 1 aliphatic heterocycles. The van der Waals surface area contributed by atoms with Gasteiger partial charge in [-0.15, -0.1) is 11.3 Å². The van der Waals surface area contributed by atoms with Crippen molar-refractivity contribution in [1.82, 2.24) is 19.9 Å². The highest BCUT2D eigenvalue weighted by molar-refractivity contribution is 7.16. The van der Waals surface area contributed by atoms with E-state index in [0.29, 0.717) is 25.0 Å². The first kappa shape index (κ1) is 21.6.